The number of fused-ring (bicyclic) bond motifs is 1. The van der Waals surface area contributed by atoms with Crippen LogP contribution in [0.25, 0.3) is 20.5 Å². The summed E-state index contributed by atoms with van der Waals surface area (Å²) in [6, 6.07) is 14.4. The van der Waals surface area contributed by atoms with Gasteiger partial charge in [-0.25, -0.2) is 4.98 Å². The lowest BCUT2D eigenvalue weighted by atomic mass is 10.1. The molecule has 0 saturated heterocycles. The minimum absolute atomic E-state index is 0.446. The molecule has 3 rings (SSSR count). The third-order valence-electron chi connectivity index (χ3n) is 3.47. The molecular formula is C17H12N4S. The van der Waals surface area contributed by atoms with Gasteiger partial charge in [0.1, 0.15) is 11.9 Å². The summed E-state index contributed by atoms with van der Waals surface area (Å²) in [5.74, 6) is 0.446. The van der Waals surface area contributed by atoms with Crippen molar-refractivity contribution in [2.75, 3.05) is 5.73 Å². The van der Waals surface area contributed by atoms with E-state index in [1.54, 1.807) is 11.3 Å². The molecule has 0 unspecified atom stereocenters. The van der Waals surface area contributed by atoms with Crippen molar-refractivity contribution in [3.05, 3.63) is 47.7 Å². The summed E-state index contributed by atoms with van der Waals surface area (Å²) < 4.78 is 0.874. The quantitative estimate of drug-likeness (QED) is 0.795. The highest BCUT2D eigenvalue weighted by molar-refractivity contribution is 7.22. The van der Waals surface area contributed by atoms with E-state index >= 15 is 0 Å². The van der Waals surface area contributed by atoms with Gasteiger partial charge in [0.05, 0.1) is 16.3 Å². The molecule has 2 aromatic heterocycles. The van der Waals surface area contributed by atoms with E-state index < -0.39 is 0 Å². The fourth-order valence-corrected chi connectivity index (χ4v) is 3.43. The zero-order valence-corrected chi connectivity index (χ0v) is 12.5. The van der Waals surface area contributed by atoms with Crippen LogP contribution >= 0.6 is 11.3 Å². The van der Waals surface area contributed by atoms with E-state index in [9.17, 15) is 5.26 Å². The van der Waals surface area contributed by atoms with E-state index in [-0.39, 0.29) is 0 Å². The molecule has 4 nitrogen and oxygen atoms in total. The summed E-state index contributed by atoms with van der Waals surface area (Å²) in [5.41, 5.74) is 8.67. The Morgan fingerprint density at radius 2 is 1.95 bits per heavy atom. The minimum atomic E-state index is 0.446. The lowest BCUT2D eigenvalue weighted by Gasteiger charge is -2.00. The maximum Gasteiger partial charge on any atom is 0.132 e. The van der Waals surface area contributed by atoms with E-state index in [0.717, 1.165) is 32.5 Å². The van der Waals surface area contributed by atoms with Crippen LogP contribution in [0.5, 0.6) is 0 Å². The number of pyridine rings is 1. The second kappa shape index (κ2) is 5.85. The second-order valence-corrected chi connectivity index (χ2v) is 5.93. The molecule has 2 N–H and O–H groups in total. The number of hydrogen-bond donors (Lipinski definition) is 1. The fourth-order valence-electron chi connectivity index (χ4n) is 2.30. The van der Waals surface area contributed by atoms with Crippen LogP contribution in [-0.4, -0.2) is 4.98 Å². The Kier molecular flexibility index (Phi) is 3.74. The molecule has 22 heavy (non-hydrogen) atoms. The molecule has 0 fully saturated rings. The fraction of sp³-hybridized carbons (Fsp3) is 0.118. The first-order valence-corrected chi connectivity index (χ1v) is 7.59. The average molecular weight is 304 g/mol. The number of hydrogen-bond acceptors (Lipinski definition) is 5. The van der Waals surface area contributed by atoms with Crippen LogP contribution < -0.4 is 5.73 Å². The number of aromatic nitrogens is 1. The summed E-state index contributed by atoms with van der Waals surface area (Å²) >= 11 is 1.54. The van der Waals surface area contributed by atoms with Gasteiger partial charge >= 0.3 is 0 Å². The number of nitrogens with zero attached hydrogens (tertiary/aromatic N) is 3. The van der Waals surface area contributed by atoms with Crippen LogP contribution in [0, 0.1) is 22.7 Å². The average Bonchev–Trinajstić information content (AvgIpc) is 3.00. The molecule has 0 radical (unpaired) electrons. The van der Waals surface area contributed by atoms with Gasteiger partial charge in [-0.15, -0.1) is 11.3 Å². The predicted octanol–water partition coefficient (Wildman–Crippen LogP) is 3.87. The van der Waals surface area contributed by atoms with Gasteiger partial charge in [0.2, 0.25) is 0 Å². The smallest absolute Gasteiger partial charge is 0.132 e. The highest BCUT2D eigenvalue weighted by Gasteiger charge is 2.11. The summed E-state index contributed by atoms with van der Waals surface area (Å²) in [6.45, 7) is 0. The molecule has 5 heteroatoms. The molecule has 0 bridgehead atoms. The Morgan fingerprint density at radius 3 is 2.64 bits per heavy atom. The lowest BCUT2D eigenvalue weighted by Crippen LogP contribution is -1.90. The molecule has 3 aromatic rings. The van der Waals surface area contributed by atoms with E-state index in [1.165, 1.54) is 6.20 Å². The van der Waals surface area contributed by atoms with Crippen molar-refractivity contribution in [2.24, 2.45) is 0 Å². The second-order valence-electron chi connectivity index (χ2n) is 4.88. The Labute approximate surface area is 132 Å². The zero-order valence-electron chi connectivity index (χ0n) is 11.7. The van der Waals surface area contributed by atoms with Crippen LogP contribution in [0.3, 0.4) is 0 Å². The van der Waals surface area contributed by atoms with Crippen LogP contribution in [0.2, 0.25) is 0 Å². The van der Waals surface area contributed by atoms with E-state index in [4.69, 9.17) is 11.0 Å². The Bertz CT molecular complexity index is 911. The topological polar surface area (TPSA) is 86.5 Å². The van der Waals surface area contributed by atoms with Crippen molar-refractivity contribution in [2.45, 2.75) is 12.8 Å². The van der Waals surface area contributed by atoms with E-state index in [0.29, 0.717) is 17.8 Å². The lowest BCUT2D eigenvalue weighted by molar-refractivity contribution is 1.01. The molecule has 0 amide bonds. The summed E-state index contributed by atoms with van der Waals surface area (Å²) in [4.78, 5) is 5.12. The van der Waals surface area contributed by atoms with E-state index in [2.05, 4.69) is 17.1 Å². The number of rotatable bonds is 3. The highest BCUT2D eigenvalue weighted by atomic mass is 32.1. The number of aryl methyl sites for hydroxylation is 1. The standard InChI is InChI=1S/C17H12N4S/c18-7-1-2-11-3-5-12(6-4-11)15-8-14-16(22-15)13(9-19)10-21-17(14)20/h3-6,8,10H,1-2H2,(H2,20,21). The third-order valence-corrected chi connectivity index (χ3v) is 4.69. The van der Waals surface area contributed by atoms with Crippen LogP contribution in [-0.2, 0) is 6.42 Å². The SMILES string of the molecule is N#CCCc1ccc(-c2cc3c(N)ncc(C#N)c3s2)cc1. The Morgan fingerprint density at radius 1 is 1.18 bits per heavy atom. The largest absolute Gasteiger partial charge is 0.383 e. The van der Waals surface area contributed by atoms with Crippen molar-refractivity contribution in [1.29, 1.82) is 10.5 Å². The molecule has 0 atom stereocenters. The first-order chi connectivity index (χ1) is 10.7. The molecule has 0 aliphatic rings. The first kappa shape index (κ1) is 14.1. The summed E-state index contributed by atoms with van der Waals surface area (Å²) in [6.07, 6.45) is 2.80. The summed E-state index contributed by atoms with van der Waals surface area (Å²) in [5, 5.41) is 18.6. The number of nitrogens with two attached hydrogens (primary N) is 1. The molecule has 0 saturated carbocycles. The van der Waals surface area contributed by atoms with Gasteiger partial charge in [0.15, 0.2) is 0 Å². The third kappa shape index (κ3) is 2.50. The van der Waals surface area contributed by atoms with Gasteiger partial charge in [-0.1, -0.05) is 24.3 Å². The van der Waals surface area contributed by atoms with Gasteiger partial charge in [0, 0.05) is 22.9 Å². The molecule has 0 aliphatic carbocycles. The van der Waals surface area contributed by atoms with Gasteiger partial charge in [-0.3, -0.25) is 0 Å². The number of anilines is 1. The molecular weight excluding hydrogens is 292 g/mol. The maximum absolute atomic E-state index is 9.17. The Balaban J connectivity index is 2.02. The maximum atomic E-state index is 9.17. The normalized spacial score (nSPS) is 10.3. The monoisotopic (exact) mass is 304 g/mol. The van der Waals surface area contributed by atoms with Crippen molar-refractivity contribution in [3.63, 3.8) is 0 Å². The van der Waals surface area contributed by atoms with Gasteiger partial charge in [-0.2, -0.15) is 10.5 Å². The summed E-state index contributed by atoms with van der Waals surface area (Å²) in [7, 11) is 0. The molecule has 2 heterocycles. The number of nitrogen functional groups attached to an aromatic ring is 1. The predicted molar refractivity (Wildman–Crippen MR) is 88.1 cm³/mol. The molecule has 0 aliphatic heterocycles. The number of nitriles is 2. The number of thiophene rings is 1. The van der Waals surface area contributed by atoms with Crippen LogP contribution in [0.15, 0.2) is 36.5 Å². The molecule has 1 aromatic carbocycles. The van der Waals surface area contributed by atoms with Crippen LogP contribution in [0.1, 0.15) is 17.5 Å². The first-order valence-electron chi connectivity index (χ1n) is 6.77. The van der Waals surface area contributed by atoms with Gasteiger partial charge in [0.25, 0.3) is 0 Å². The highest BCUT2D eigenvalue weighted by Crippen LogP contribution is 2.37. The zero-order chi connectivity index (χ0) is 15.5. The van der Waals surface area contributed by atoms with Crippen molar-refractivity contribution >= 4 is 27.2 Å². The van der Waals surface area contributed by atoms with Crippen LogP contribution in [0.4, 0.5) is 5.82 Å². The van der Waals surface area contributed by atoms with E-state index in [1.807, 2.05) is 30.3 Å². The number of benzene rings is 1. The molecule has 106 valence electrons. The van der Waals surface area contributed by atoms with Crippen molar-refractivity contribution in [1.82, 2.24) is 4.98 Å². The Hall–Kier alpha value is -2.89. The van der Waals surface area contributed by atoms with Gasteiger partial charge < -0.3 is 5.73 Å². The van der Waals surface area contributed by atoms with Crippen molar-refractivity contribution in [3.8, 4) is 22.6 Å². The van der Waals surface area contributed by atoms with Gasteiger partial charge in [-0.05, 0) is 23.6 Å². The molecule has 0 spiro atoms. The minimum Gasteiger partial charge on any atom is -0.383 e. The van der Waals surface area contributed by atoms with Crippen molar-refractivity contribution < 1.29 is 0 Å².